The number of benzene rings is 1. The normalized spacial score (nSPS) is 10.1. The highest BCUT2D eigenvalue weighted by atomic mass is 79.9. The molecule has 0 unspecified atom stereocenters. The summed E-state index contributed by atoms with van der Waals surface area (Å²) in [6.45, 7) is 2.75. The molecule has 1 rings (SSSR count). The molecule has 0 aromatic heterocycles. The summed E-state index contributed by atoms with van der Waals surface area (Å²) >= 11 is 3.29. The second kappa shape index (κ2) is 6.53. The minimum absolute atomic E-state index is 0.422. The first kappa shape index (κ1) is 13.0. The van der Waals surface area contributed by atoms with Gasteiger partial charge in [0.05, 0.1) is 12.2 Å². The molecule has 3 nitrogen and oxygen atoms in total. The van der Waals surface area contributed by atoms with Crippen molar-refractivity contribution in [2.45, 2.75) is 26.2 Å². The minimum Gasteiger partial charge on any atom is -0.493 e. The summed E-state index contributed by atoms with van der Waals surface area (Å²) in [6, 6.07) is 5.27. The number of carbonyl (C=O) groups is 1. The van der Waals surface area contributed by atoms with Crippen LogP contribution in [0.1, 0.15) is 36.5 Å². The molecule has 88 valence electrons. The standard InChI is InChI=1S/C12H16BrNO2/c1-2-3-4-7-16-11-6-5-9(13)8-10(11)12(14)15/h5-6,8H,2-4,7H2,1H3,(H2,14,15). The van der Waals surface area contributed by atoms with E-state index < -0.39 is 5.91 Å². The lowest BCUT2D eigenvalue weighted by molar-refractivity contribution is 0.0996. The van der Waals surface area contributed by atoms with Gasteiger partial charge in [0.15, 0.2) is 0 Å². The highest BCUT2D eigenvalue weighted by Crippen LogP contribution is 2.23. The van der Waals surface area contributed by atoms with Gasteiger partial charge in [0.25, 0.3) is 5.91 Å². The Kier molecular flexibility index (Phi) is 5.32. The highest BCUT2D eigenvalue weighted by Gasteiger charge is 2.09. The van der Waals surface area contributed by atoms with Crippen LogP contribution in [0.3, 0.4) is 0 Å². The van der Waals surface area contributed by atoms with Crippen LogP contribution >= 0.6 is 15.9 Å². The number of nitrogens with two attached hydrogens (primary N) is 1. The third kappa shape index (κ3) is 3.85. The van der Waals surface area contributed by atoms with Crippen LogP contribution in [-0.2, 0) is 0 Å². The van der Waals surface area contributed by atoms with E-state index in [1.54, 1.807) is 12.1 Å². The molecule has 0 radical (unpaired) electrons. The van der Waals surface area contributed by atoms with Gasteiger partial charge in [0.2, 0.25) is 0 Å². The van der Waals surface area contributed by atoms with Gasteiger partial charge in [-0.1, -0.05) is 35.7 Å². The Hall–Kier alpha value is -1.03. The van der Waals surface area contributed by atoms with E-state index in [4.69, 9.17) is 10.5 Å². The number of halogens is 1. The molecule has 0 heterocycles. The van der Waals surface area contributed by atoms with Gasteiger partial charge in [0, 0.05) is 4.47 Å². The fourth-order valence-corrected chi connectivity index (χ4v) is 1.72. The van der Waals surface area contributed by atoms with Crippen molar-refractivity contribution in [2.24, 2.45) is 5.73 Å². The van der Waals surface area contributed by atoms with Crippen molar-refractivity contribution in [1.29, 1.82) is 0 Å². The van der Waals surface area contributed by atoms with Crippen LogP contribution < -0.4 is 10.5 Å². The zero-order chi connectivity index (χ0) is 12.0. The molecule has 0 aliphatic rings. The van der Waals surface area contributed by atoms with Gasteiger partial charge in [-0.2, -0.15) is 0 Å². The Morgan fingerprint density at radius 1 is 1.44 bits per heavy atom. The third-order valence-electron chi connectivity index (χ3n) is 2.21. The Morgan fingerprint density at radius 3 is 2.81 bits per heavy atom. The highest BCUT2D eigenvalue weighted by molar-refractivity contribution is 9.10. The monoisotopic (exact) mass is 285 g/mol. The number of unbranched alkanes of at least 4 members (excludes halogenated alkanes) is 2. The minimum atomic E-state index is -0.466. The van der Waals surface area contributed by atoms with Gasteiger partial charge in [0.1, 0.15) is 5.75 Å². The van der Waals surface area contributed by atoms with Gasteiger partial charge >= 0.3 is 0 Å². The summed E-state index contributed by atoms with van der Waals surface area (Å²) in [5, 5.41) is 0. The molecular formula is C12H16BrNO2. The van der Waals surface area contributed by atoms with Crippen molar-refractivity contribution in [1.82, 2.24) is 0 Å². The predicted molar refractivity (Wildman–Crippen MR) is 67.7 cm³/mol. The summed E-state index contributed by atoms with van der Waals surface area (Å²) in [4.78, 5) is 11.2. The van der Waals surface area contributed by atoms with E-state index >= 15 is 0 Å². The second-order valence-corrected chi connectivity index (χ2v) is 4.48. The van der Waals surface area contributed by atoms with Crippen LogP contribution in [0.5, 0.6) is 5.75 Å². The van der Waals surface area contributed by atoms with Gasteiger partial charge in [-0.15, -0.1) is 0 Å². The van der Waals surface area contributed by atoms with Gasteiger partial charge in [-0.25, -0.2) is 0 Å². The quantitative estimate of drug-likeness (QED) is 0.817. The summed E-state index contributed by atoms with van der Waals surface area (Å²) in [6.07, 6.45) is 3.26. The Morgan fingerprint density at radius 2 is 2.19 bits per heavy atom. The molecule has 1 amide bonds. The summed E-state index contributed by atoms with van der Waals surface area (Å²) in [5.41, 5.74) is 5.70. The fraction of sp³-hybridized carbons (Fsp3) is 0.417. The molecule has 0 saturated carbocycles. The first-order valence-electron chi connectivity index (χ1n) is 5.37. The number of primary amides is 1. The zero-order valence-corrected chi connectivity index (χ0v) is 10.9. The summed E-state index contributed by atoms with van der Waals surface area (Å²) in [5.74, 6) is 0.0959. The fourth-order valence-electron chi connectivity index (χ4n) is 1.35. The van der Waals surface area contributed by atoms with Gasteiger partial charge in [-0.05, 0) is 24.6 Å². The molecule has 0 saturated heterocycles. The summed E-state index contributed by atoms with van der Waals surface area (Å²) < 4.78 is 6.36. The van der Waals surface area contributed by atoms with Crippen LogP contribution in [0.2, 0.25) is 0 Å². The van der Waals surface area contributed by atoms with E-state index in [0.29, 0.717) is 17.9 Å². The maximum absolute atomic E-state index is 11.2. The van der Waals surface area contributed by atoms with Crippen molar-refractivity contribution >= 4 is 21.8 Å². The van der Waals surface area contributed by atoms with Crippen molar-refractivity contribution in [3.05, 3.63) is 28.2 Å². The average molecular weight is 286 g/mol. The predicted octanol–water partition coefficient (Wildman–Crippen LogP) is 3.12. The number of ether oxygens (including phenoxy) is 1. The first-order valence-corrected chi connectivity index (χ1v) is 6.16. The van der Waals surface area contributed by atoms with E-state index in [0.717, 1.165) is 23.7 Å². The van der Waals surface area contributed by atoms with E-state index in [1.165, 1.54) is 0 Å². The smallest absolute Gasteiger partial charge is 0.252 e. The molecule has 1 aromatic carbocycles. The van der Waals surface area contributed by atoms with E-state index in [2.05, 4.69) is 22.9 Å². The molecule has 0 atom stereocenters. The van der Waals surface area contributed by atoms with E-state index in [1.807, 2.05) is 6.07 Å². The average Bonchev–Trinajstić information content (AvgIpc) is 2.26. The zero-order valence-electron chi connectivity index (χ0n) is 9.33. The maximum Gasteiger partial charge on any atom is 0.252 e. The molecule has 0 spiro atoms. The molecule has 0 fully saturated rings. The first-order chi connectivity index (χ1) is 7.65. The van der Waals surface area contributed by atoms with Crippen LogP contribution in [0, 0.1) is 0 Å². The molecular weight excluding hydrogens is 270 g/mol. The Bertz CT molecular complexity index is 366. The topological polar surface area (TPSA) is 52.3 Å². The van der Waals surface area contributed by atoms with Crippen LogP contribution in [-0.4, -0.2) is 12.5 Å². The number of rotatable bonds is 6. The van der Waals surface area contributed by atoms with E-state index in [9.17, 15) is 4.79 Å². The van der Waals surface area contributed by atoms with Gasteiger partial charge < -0.3 is 10.5 Å². The molecule has 2 N–H and O–H groups in total. The third-order valence-corrected chi connectivity index (χ3v) is 2.71. The maximum atomic E-state index is 11.2. The number of amides is 1. The molecule has 1 aromatic rings. The van der Waals surface area contributed by atoms with Crippen molar-refractivity contribution in [3.63, 3.8) is 0 Å². The lowest BCUT2D eigenvalue weighted by Gasteiger charge is -2.09. The SMILES string of the molecule is CCCCCOc1ccc(Br)cc1C(N)=O. The van der Waals surface area contributed by atoms with E-state index in [-0.39, 0.29) is 0 Å². The second-order valence-electron chi connectivity index (χ2n) is 3.56. The Labute approximate surface area is 104 Å². The molecule has 0 aliphatic heterocycles. The van der Waals surface area contributed by atoms with Crippen molar-refractivity contribution in [3.8, 4) is 5.75 Å². The molecule has 0 aliphatic carbocycles. The number of hydrogen-bond acceptors (Lipinski definition) is 2. The van der Waals surface area contributed by atoms with Gasteiger partial charge in [-0.3, -0.25) is 4.79 Å². The summed E-state index contributed by atoms with van der Waals surface area (Å²) in [7, 11) is 0. The largest absolute Gasteiger partial charge is 0.493 e. The van der Waals surface area contributed by atoms with Crippen molar-refractivity contribution in [2.75, 3.05) is 6.61 Å². The lowest BCUT2D eigenvalue weighted by Crippen LogP contribution is -2.13. The van der Waals surface area contributed by atoms with Crippen LogP contribution in [0.25, 0.3) is 0 Å². The van der Waals surface area contributed by atoms with Crippen molar-refractivity contribution < 1.29 is 9.53 Å². The molecule has 16 heavy (non-hydrogen) atoms. The molecule has 0 bridgehead atoms. The molecule has 4 heteroatoms. The number of carbonyl (C=O) groups excluding carboxylic acids is 1. The Balaban J connectivity index is 2.67. The number of hydrogen-bond donors (Lipinski definition) is 1. The van der Waals surface area contributed by atoms with Crippen LogP contribution in [0.15, 0.2) is 22.7 Å². The van der Waals surface area contributed by atoms with Crippen LogP contribution in [0.4, 0.5) is 0 Å². The lowest BCUT2D eigenvalue weighted by atomic mass is 10.2.